The molecule has 3 aromatic carbocycles. The van der Waals surface area contributed by atoms with Crippen molar-refractivity contribution in [1.29, 1.82) is 0 Å². The molecule has 1 fully saturated rings. The molecule has 166 valence electrons. The molecule has 0 saturated carbocycles. The summed E-state index contributed by atoms with van der Waals surface area (Å²) in [4.78, 5) is 17.0. The number of amides is 1. The first kappa shape index (κ1) is 22.2. The lowest BCUT2D eigenvalue weighted by Gasteiger charge is -2.34. The Labute approximate surface area is 189 Å². The van der Waals surface area contributed by atoms with Crippen LogP contribution in [0.2, 0.25) is 0 Å². The van der Waals surface area contributed by atoms with Crippen molar-refractivity contribution >= 4 is 21.6 Å². The van der Waals surface area contributed by atoms with Gasteiger partial charge in [-0.1, -0.05) is 48.5 Å². The topological polar surface area (TPSA) is 60.9 Å². The molecule has 6 nitrogen and oxygen atoms in total. The van der Waals surface area contributed by atoms with E-state index in [1.165, 1.54) is 0 Å². The van der Waals surface area contributed by atoms with Gasteiger partial charge in [0, 0.05) is 51.0 Å². The largest absolute Gasteiger partial charge is 0.311 e. The Morgan fingerprint density at radius 1 is 0.812 bits per heavy atom. The van der Waals surface area contributed by atoms with Gasteiger partial charge in [-0.05, 0) is 42.0 Å². The number of anilines is 1. The normalized spacial score (nSPS) is 15.4. The maximum absolute atomic E-state index is 12.8. The van der Waals surface area contributed by atoms with Crippen LogP contribution < -0.4 is 4.90 Å². The number of hydrogen-bond acceptors (Lipinski definition) is 4. The second kappa shape index (κ2) is 9.65. The minimum atomic E-state index is -3.44. The summed E-state index contributed by atoms with van der Waals surface area (Å²) in [5, 5.41) is 0. The average molecular weight is 450 g/mol. The number of rotatable bonds is 6. The van der Waals surface area contributed by atoms with Gasteiger partial charge >= 0.3 is 0 Å². The minimum absolute atomic E-state index is 0.0533. The number of sulfonamides is 1. The molecule has 32 heavy (non-hydrogen) atoms. The third-order valence-corrected chi connectivity index (χ3v) is 7.68. The van der Waals surface area contributed by atoms with Gasteiger partial charge in [0.2, 0.25) is 10.0 Å². The highest BCUT2D eigenvalue weighted by Crippen LogP contribution is 2.19. The maximum Gasteiger partial charge on any atom is 0.258 e. The number of carbonyl (C=O) groups excluding carboxylic acids is 1. The summed E-state index contributed by atoms with van der Waals surface area (Å²) in [6.07, 6.45) is 0. The van der Waals surface area contributed by atoms with Gasteiger partial charge in [0.05, 0.1) is 4.90 Å². The first-order chi connectivity index (χ1) is 15.4. The average Bonchev–Trinajstić information content (AvgIpc) is 2.85. The lowest BCUT2D eigenvalue weighted by Crippen LogP contribution is -2.48. The summed E-state index contributed by atoms with van der Waals surface area (Å²) >= 11 is 0. The van der Waals surface area contributed by atoms with Crippen LogP contribution in [0, 0.1) is 0 Å². The fourth-order valence-electron chi connectivity index (χ4n) is 3.84. The Kier molecular flexibility index (Phi) is 6.69. The summed E-state index contributed by atoms with van der Waals surface area (Å²) in [6.45, 7) is 3.00. The van der Waals surface area contributed by atoms with Gasteiger partial charge < -0.3 is 4.90 Å². The number of para-hydroxylation sites is 1. The van der Waals surface area contributed by atoms with E-state index in [4.69, 9.17) is 0 Å². The monoisotopic (exact) mass is 449 g/mol. The van der Waals surface area contributed by atoms with Gasteiger partial charge in [-0.2, -0.15) is 4.31 Å². The predicted molar refractivity (Wildman–Crippen MR) is 126 cm³/mol. The second-order valence-electron chi connectivity index (χ2n) is 7.89. The zero-order valence-electron chi connectivity index (χ0n) is 18.1. The van der Waals surface area contributed by atoms with Crippen LogP contribution in [0.15, 0.2) is 89.8 Å². The van der Waals surface area contributed by atoms with Crippen LogP contribution in [0.4, 0.5) is 5.69 Å². The van der Waals surface area contributed by atoms with Gasteiger partial charge in [-0.3, -0.25) is 9.69 Å². The highest BCUT2D eigenvalue weighted by Gasteiger charge is 2.28. The highest BCUT2D eigenvalue weighted by molar-refractivity contribution is 7.89. The van der Waals surface area contributed by atoms with Crippen molar-refractivity contribution in [3.63, 3.8) is 0 Å². The first-order valence-electron chi connectivity index (χ1n) is 10.6. The van der Waals surface area contributed by atoms with Crippen LogP contribution in [-0.2, 0) is 16.6 Å². The summed E-state index contributed by atoms with van der Waals surface area (Å²) in [6, 6.07) is 25.8. The van der Waals surface area contributed by atoms with E-state index in [2.05, 4.69) is 4.90 Å². The van der Waals surface area contributed by atoms with E-state index < -0.39 is 10.0 Å². The molecule has 7 heteroatoms. The van der Waals surface area contributed by atoms with E-state index in [0.717, 1.165) is 17.8 Å². The Hall–Kier alpha value is -3.00. The molecule has 0 radical (unpaired) electrons. The smallest absolute Gasteiger partial charge is 0.258 e. The summed E-state index contributed by atoms with van der Waals surface area (Å²) < 4.78 is 27.1. The predicted octanol–water partition coefficient (Wildman–Crippen LogP) is 3.47. The Morgan fingerprint density at radius 2 is 1.38 bits per heavy atom. The Bertz CT molecular complexity index is 1140. The summed E-state index contributed by atoms with van der Waals surface area (Å²) in [7, 11) is -1.67. The fourth-order valence-corrected chi connectivity index (χ4v) is 5.29. The molecule has 1 heterocycles. The lowest BCUT2D eigenvalue weighted by atomic mass is 10.1. The van der Waals surface area contributed by atoms with Crippen LogP contribution >= 0.6 is 0 Å². The van der Waals surface area contributed by atoms with E-state index >= 15 is 0 Å². The standard InChI is InChI=1S/C25H27N3O3S/c1-26(23-8-4-2-5-9-23)25(29)22-14-12-21(13-15-22)20-27-16-18-28(19-17-27)32(30,31)24-10-6-3-7-11-24/h2-15H,16-20H2,1H3. The number of piperazine rings is 1. The van der Waals surface area contributed by atoms with Crippen molar-refractivity contribution in [3.05, 3.63) is 96.1 Å². The van der Waals surface area contributed by atoms with Crippen LogP contribution in [0.5, 0.6) is 0 Å². The maximum atomic E-state index is 12.8. The molecule has 1 aliphatic rings. The molecule has 1 aliphatic heterocycles. The molecule has 0 N–H and O–H groups in total. The number of hydrogen-bond donors (Lipinski definition) is 0. The second-order valence-corrected chi connectivity index (χ2v) is 9.83. The van der Waals surface area contributed by atoms with Crippen LogP contribution in [0.25, 0.3) is 0 Å². The molecule has 1 amide bonds. The van der Waals surface area contributed by atoms with Gasteiger partial charge in [-0.15, -0.1) is 0 Å². The molecule has 0 bridgehead atoms. The van der Waals surface area contributed by atoms with Crippen molar-refractivity contribution in [2.24, 2.45) is 0 Å². The molecular weight excluding hydrogens is 422 g/mol. The fraction of sp³-hybridized carbons (Fsp3) is 0.240. The number of carbonyl (C=O) groups is 1. The highest BCUT2D eigenvalue weighted by atomic mass is 32.2. The third-order valence-electron chi connectivity index (χ3n) is 5.77. The Balaban J connectivity index is 1.33. The molecule has 0 unspecified atom stereocenters. The van der Waals surface area contributed by atoms with Crippen molar-refractivity contribution < 1.29 is 13.2 Å². The van der Waals surface area contributed by atoms with E-state index in [-0.39, 0.29) is 5.91 Å². The van der Waals surface area contributed by atoms with Crippen LogP contribution in [0.1, 0.15) is 15.9 Å². The van der Waals surface area contributed by atoms with E-state index in [1.807, 2.05) is 60.7 Å². The van der Waals surface area contributed by atoms with E-state index in [9.17, 15) is 13.2 Å². The third kappa shape index (κ3) is 4.91. The van der Waals surface area contributed by atoms with Crippen LogP contribution in [-0.4, -0.2) is 56.8 Å². The molecule has 4 rings (SSSR count). The van der Waals surface area contributed by atoms with Gasteiger partial charge in [0.15, 0.2) is 0 Å². The number of nitrogens with zero attached hydrogens (tertiary/aromatic N) is 3. The molecule has 0 aromatic heterocycles. The Morgan fingerprint density at radius 3 is 1.97 bits per heavy atom. The summed E-state index contributed by atoms with van der Waals surface area (Å²) in [5.41, 5.74) is 2.59. The quantitative estimate of drug-likeness (QED) is 0.578. The lowest BCUT2D eigenvalue weighted by molar-refractivity contribution is 0.0993. The summed E-state index contributed by atoms with van der Waals surface area (Å²) in [5.74, 6) is -0.0533. The SMILES string of the molecule is CN(C(=O)c1ccc(CN2CCN(S(=O)(=O)c3ccccc3)CC2)cc1)c1ccccc1. The van der Waals surface area contributed by atoms with E-state index in [1.54, 1.807) is 40.5 Å². The minimum Gasteiger partial charge on any atom is -0.311 e. The van der Waals surface area contributed by atoms with Crippen molar-refractivity contribution in [3.8, 4) is 0 Å². The van der Waals surface area contributed by atoms with E-state index in [0.29, 0.717) is 36.6 Å². The molecule has 3 aromatic rings. The molecular formula is C25H27N3O3S. The zero-order chi connectivity index (χ0) is 22.6. The van der Waals surface area contributed by atoms with Crippen molar-refractivity contribution in [1.82, 2.24) is 9.21 Å². The van der Waals surface area contributed by atoms with Crippen molar-refractivity contribution in [2.45, 2.75) is 11.4 Å². The van der Waals surface area contributed by atoms with Crippen molar-refractivity contribution in [2.75, 3.05) is 38.1 Å². The first-order valence-corrected chi connectivity index (χ1v) is 12.1. The van der Waals surface area contributed by atoms with Gasteiger partial charge in [-0.25, -0.2) is 8.42 Å². The van der Waals surface area contributed by atoms with Gasteiger partial charge in [0.25, 0.3) is 5.91 Å². The molecule has 0 aliphatic carbocycles. The van der Waals surface area contributed by atoms with Crippen LogP contribution in [0.3, 0.4) is 0 Å². The molecule has 0 atom stereocenters. The van der Waals surface area contributed by atoms with Gasteiger partial charge in [0.1, 0.15) is 0 Å². The molecule has 0 spiro atoms. The molecule has 1 saturated heterocycles. The zero-order valence-corrected chi connectivity index (χ0v) is 18.9. The number of benzene rings is 3.